The number of thiophene rings is 1. The van der Waals surface area contributed by atoms with E-state index < -0.39 is 0 Å². The van der Waals surface area contributed by atoms with Crippen LogP contribution in [-0.2, 0) is 13.2 Å². The molecule has 0 aliphatic carbocycles. The van der Waals surface area contributed by atoms with Crippen molar-refractivity contribution < 1.29 is 9.53 Å². The number of ether oxygens (including phenoxy) is 1. The number of aryl methyl sites for hydroxylation is 3. The van der Waals surface area contributed by atoms with Crippen LogP contribution < -0.4 is 10.1 Å². The van der Waals surface area contributed by atoms with Crippen molar-refractivity contribution in [2.75, 3.05) is 5.32 Å². The first-order chi connectivity index (χ1) is 15.0. The lowest BCUT2D eigenvalue weighted by atomic mass is 10.1. The highest BCUT2D eigenvalue weighted by molar-refractivity contribution is 7.12. The molecule has 0 aliphatic rings. The van der Waals surface area contributed by atoms with Gasteiger partial charge in [0.25, 0.3) is 5.91 Å². The van der Waals surface area contributed by atoms with Crippen molar-refractivity contribution in [3.8, 4) is 5.75 Å². The van der Waals surface area contributed by atoms with Gasteiger partial charge in [0.1, 0.15) is 18.7 Å². The van der Waals surface area contributed by atoms with E-state index in [1.54, 1.807) is 11.0 Å². The molecule has 0 radical (unpaired) electrons. The molecule has 4 aromatic rings. The van der Waals surface area contributed by atoms with Gasteiger partial charge in [-0.2, -0.15) is 0 Å². The maximum atomic E-state index is 12.6. The largest absolute Gasteiger partial charge is 0.488 e. The number of hydrogen-bond donors (Lipinski definition) is 1. The molecular weight excluding hydrogens is 408 g/mol. The monoisotopic (exact) mass is 432 g/mol. The van der Waals surface area contributed by atoms with Gasteiger partial charge in [-0.25, -0.2) is 9.67 Å². The lowest BCUT2D eigenvalue weighted by Crippen LogP contribution is -2.12. The summed E-state index contributed by atoms with van der Waals surface area (Å²) in [5, 5.41) is 9.04. The van der Waals surface area contributed by atoms with Crippen molar-refractivity contribution in [3.63, 3.8) is 0 Å². The molecular formula is C24H24N4O2S. The lowest BCUT2D eigenvalue weighted by Gasteiger charge is -2.12. The Bertz CT molecular complexity index is 1170. The van der Waals surface area contributed by atoms with E-state index in [0.29, 0.717) is 18.0 Å². The van der Waals surface area contributed by atoms with Crippen LogP contribution in [-0.4, -0.2) is 20.7 Å². The Labute approximate surface area is 185 Å². The van der Waals surface area contributed by atoms with E-state index in [2.05, 4.69) is 34.5 Å². The Balaban J connectivity index is 1.35. The molecule has 0 saturated heterocycles. The smallest absolute Gasteiger partial charge is 0.268 e. The van der Waals surface area contributed by atoms with Gasteiger partial charge in [-0.05, 0) is 48.9 Å². The van der Waals surface area contributed by atoms with Crippen molar-refractivity contribution in [1.82, 2.24) is 14.8 Å². The Morgan fingerprint density at radius 1 is 1.06 bits per heavy atom. The minimum atomic E-state index is -0.226. The van der Waals surface area contributed by atoms with Gasteiger partial charge in [0.05, 0.1) is 11.4 Å². The first-order valence-corrected chi connectivity index (χ1v) is 10.9. The normalized spacial score (nSPS) is 10.8. The molecule has 31 heavy (non-hydrogen) atoms. The standard InChI is InChI=1S/C24H24N4O2S/c1-16-9-17(2)22(18(3)10-16)30-13-20-11-21(31-14-20)23(29)26-24-25-15-28(27-24)12-19-7-5-4-6-8-19/h4-11,14-15H,12-13H2,1-3H3,(H,26,27,29). The third kappa shape index (κ3) is 5.19. The molecule has 7 heteroatoms. The Morgan fingerprint density at radius 3 is 2.55 bits per heavy atom. The number of amides is 1. The Hall–Kier alpha value is -3.45. The number of anilines is 1. The third-order valence-corrected chi connectivity index (χ3v) is 5.79. The quantitative estimate of drug-likeness (QED) is 0.439. The molecule has 0 bridgehead atoms. The van der Waals surface area contributed by atoms with E-state index in [1.165, 1.54) is 16.9 Å². The lowest BCUT2D eigenvalue weighted by molar-refractivity contribution is 0.102. The van der Waals surface area contributed by atoms with Crippen LogP contribution in [0.1, 0.15) is 37.5 Å². The number of nitrogens with zero attached hydrogens (tertiary/aromatic N) is 3. The van der Waals surface area contributed by atoms with Gasteiger partial charge in [0, 0.05) is 5.56 Å². The molecule has 0 atom stereocenters. The molecule has 6 nitrogen and oxygen atoms in total. The predicted molar refractivity (Wildman–Crippen MR) is 123 cm³/mol. The number of nitrogens with one attached hydrogen (secondary N) is 1. The fourth-order valence-electron chi connectivity index (χ4n) is 3.48. The fraction of sp³-hybridized carbons (Fsp3) is 0.208. The molecule has 0 spiro atoms. The Kier molecular flexibility index (Phi) is 6.13. The second-order valence-electron chi connectivity index (χ2n) is 7.54. The predicted octanol–water partition coefficient (Wildman–Crippen LogP) is 5.14. The first-order valence-electron chi connectivity index (χ1n) is 10.0. The zero-order valence-electron chi connectivity index (χ0n) is 17.8. The summed E-state index contributed by atoms with van der Waals surface area (Å²) in [7, 11) is 0. The average Bonchev–Trinajstić information content (AvgIpc) is 3.38. The third-order valence-electron chi connectivity index (χ3n) is 4.81. The zero-order chi connectivity index (χ0) is 21.8. The van der Waals surface area contributed by atoms with Gasteiger partial charge in [0.2, 0.25) is 5.95 Å². The highest BCUT2D eigenvalue weighted by Gasteiger charge is 2.13. The fourth-order valence-corrected chi connectivity index (χ4v) is 4.27. The second-order valence-corrected chi connectivity index (χ2v) is 8.45. The van der Waals surface area contributed by atoms with E-state index in [4.69, 9.17) is 4.74 Å². The number of benzene rings is 2. The van der Waals surface area contributed by atoms with Crippen LogP contribution >= 0.6 is 11.3 Å². The first kappa shape index (κ1) is 20.8. The van der Waals surface area contributed by atoms with Crippen molar-refractivity contribution in [3.05, 3.63) is 92.9 Å². The van der Waals surface area contributed by atoms with E-state index in [-0.39, 0.29) is 11.9 Å². The van der Waals surface area contributed by atoms with Gasteiger partial charge in [-0.3, -0.25) is 10.1 Å². The second kappa shape index (κ2) is 9.14. The van der Waals surface area contributed by atoms with E-state index in [1.807, 2.05) is 55.6 Å². The molecule has 0 saturated carbocycles. The molecule has 0 unspecified atom stereocenters. The maximum absolute atomic E-state index is 12.6. The van der Waals surface area contributed by atoms with Crippen LogP contribution in [0.25, 0.3) is 0 Å². The summed E-state index contributed by atoms with van der Waals surface area (Å²) >= 11 is 1.38. The number of hydrogen-bond acceptors (Lipinski definition) is 5. The molecule has 2 aromatic heterocycles. The molecule has 1 N–H and O–H groups in total. The van der Waals surface area contributed by atoms with Crippen molar-refractivity contribution in [2.45, 2.75) is 33.9 Å². The molecule has 158 valence electrons. The van der Waals surface area contributed by atoms with Gasteiger partial charge < -0.3 is 4.74 Å². The van der Waals surface area contributed by atoms with Gasteiger partial charge in [-0.15, -0.1) is 16.4 Å². The van der Waals surface area contributed by atoms with Crippen molar-refractivity contribution >= 4 is 23.2 Å². The van der Waals surface area contributed by atoms with Crippen molar-refractivity contribution in [2.24, 2.45) is 0 Å². The molecule has 1 amide bonds. The molecule has 2 heterocycles. The van der Waals surface area contributed by atoms with E-state index >= 15 is 0 Å². The molecule has 2 aromatic carbocycles. The zero-order valence-corrected chi connectivity index (χ0v) is 18.6. The summed E-state index contributed by atoms with van der Waals surface area (Å²) in [6.07, 6.45) is 1.61. The van der Waals surface area contributed by atoms with Crippen LogP contribution in [0.5, 0.6) is 5.75 Å². The van der Waals surface area contributed by atoms with Crippen LogP contribution in [0, 0.1) is 20.8 Å². The molecule has 4 rings (SSSR count). The molecule has 0 aliphatic heterocycles. The van der Waals surface area contributed by atoms with Crippen molar-refractivity contribution in [1.29, 1.82) is 0 Å². The summed E-state index contributed by atoms with van der Waals surface area (Å²) in [6.45, 7) is 7.19. The summed E-state index contributed by atoms with van der Waals surface area (Å²) in [5.74, 6) is 0.963. The van der Waals surface area contributed by atoms with E-state index in [9.17, 15) is 4.79 Å². The van der Waals surface area contributed by atoms with Gasteiger partial charge in [0.15, 0.2) is 0 Å². The summed E-state index contributed by atoms with van der Waals surface area (Å²) in [6, 6.07) is 16.0. The number of carbonyl (C=O) groups is 1. The maximum Gasteiger partial charge on any atom is 0.268 e. The van der Waals surface area contributed by atoms with Gasteiger partial charge in [-0.1, -0.05) is 48.0 Å². The number of rotatable bonds is 7. The highest BCUT2D eigenvalue weighted by Crippen LogP contribution is 2.26. The number of aromatic nitrogens is 3. The SMILES string of the molecule is Cc1cc(C)c(OCc2csc(C(=O)Nc3ncn(Cc4ccccc4)n3)c2)c(C)c1. The summed E-state index contributed by atoms with van der Waals surface area (Å²) in [4.78, 5) is 17.4. The van der Waals surface area contributed by atoms with Crippen LogP contribution in [0.2, 0.25) is 0 Å². The summed E-state index contributed by atoms with van der Waals surface area (Å²) < 4.78 is 7.73. The topological polar surface area (TPSA) is 69.0 Å². The minimum absolute atomic E-state index is 0.226. The summed E-state index contributed by atoms with van der Waals surface area (Å²) in [5.41, 5.74) is 5.52. The van der Waals surface area contributed by atoms with Crippen LogP contribution in [0.15, 0.2) is 60.2 Å². The Morgan fingerprint density at radius 2 is 1.81 bits per heavy atom. The molecule has 0 fully saturated rings. The van der Waals surface area contributed by atoms with Crippen LogP contribution in [0.4, 0.5) is 5.95 Å². The van der Waals surface area contributed by atoms with Crippen LogP contribution in [0.3, 0.4) is 0 Å². The highest BCUT2D eigenvalue weighted by atomic mass is 32.1. The minimum Gasteiger partial charge on any atom is -0.488 e. The average molecular weight is 433 g/mol. The van der Waals surface area contributed by atoms with Gasteiger partial charge >= 0.3 is 0 Å². The van der Waals surface area contributed by atoms with E-state index in [0.717, 1.165) is 28.0 Å². The number of carbonyl (C=O) groups excluding carboxylic acids is 1.